The van der Waals surface area contributed by atoms with Gasteiger partial charge >= 0.3 is 0 Å². The lowest BCUT2D eigenvalue weighted by molar-refractivity contribution is 0.394. The lowest BCUT2D eigenvalue weighted by Gasteiger charge is -2.25. The molecule has 3 aromatic rings. The van der Waals surface area contributed by atoms with Gasteiger partial charge in [-0.15, -0.1) is 0 Å². The number of methoxy groups -OCH3 is 2. The predicted octanol–water partition coefficient (Wildman–Crippen LogP) is 3.18. The van der Waals surface area contributed by atoms with E-state index < -0.39 is 0 Å². The molecule has 0 spiro atoms. The van der Waals surface area contributed by atoms with Gasteiger partial charge in [-0.2, -0.15) is 0 Å². The van der Waals surface area contributed by atoms with E-state index in [0.717, 1.165) is 18.1 Å². The first-order valence-corrected chi connectivity index (χ1v) is 10.7. The van der Waals surface area contributed by atoms with E-state index >= 15 is 0 Å². The highest BCUT2D eigenvalue weighted by atomic mass is 16.5. The summed E-state index contributed by atoms with van der Waals surface area (Å²) in [5.41, 5.74) is 9.13. The van der Waals surface area contributed by atoms with Crippen LogP contribution in [0.15, 0.2) is 47.7 Å². The maximum Gasteiger partial charge on any atom is 0.180 e. The SMILES string of the molecule is CN=C/C(=C\N)c1cnc2ccc(N(CCNC(C)C)c3cc(OC)cc(OC)c3)nc2n1. The Labute approximate surface area is 194 Å². The van der Waals surface area contributed by atoms with Crippen LogP contribution in [-0.2, 0) is 0 Å². The molecule has 9 nitrogen and oxygen atoms in total. The molecule has 0 amide bonds. The second-order valence-corrected chi connectivity index (χ2v) is 7.61. The number of nitrogens with two attached hydrogens (primary N) is 1. The third kappa shape index (κ3) is 5.95. The van der Waals surface area contributed by atoms with Crippen molar-refractivity contribution in [1.29, 1.82) is 0 Å². The Hall–Kier alpha value is -3.72. The van der Waals surface area contributed by atoms with Crippen molar-refractivity contribution in [2.75, 3.05) is 39.3 Å². The van der Waals surface area contributed by atoms with Crippen molar-refractivity contribution >= 4 is 34.5 Å². The Morgan fingerprint density at radius 3 is 2.48 bits per heavy atom. The lowest BCUT2D eigenvalue weighted by Crippen LogP contribution is -2.33. The molecule has 1 aromatic carbocycles. The summed E-state index contributed by atoms with van der Waals surface area (Å²) < 4.78 is 11.0. The van der Waals surface area contributed by atoms with Crippen LogP contribution in [0.1, 0.15) is 19.5 Å². The van der Waals surface area contributed by atoms with Crippen LogP contribution in [0.3, 0.4) is 0 Å². The molecule has 3 N–H and O–H groups in total. The zero-order chi connectivity index (χ0) is 23.8. The molecule has 174 valence electrons. The van der Waals surface area contributed by atoms with E-state index in [2.05, 4.69) is 39.0 Å². The van der Waals surface area contributed by atoms with Crippen molar-refractivity contribution in [2.45, 2.75) is 19.9 Å². The number of rotatable bonds is 10. The Kier molecular flexibility index (Phi) is 8.15. The van der Waals surface area contributed by atoms with Crippen LogP contribution in [0.5, 0.6) is 11.5 Å². The van der Waals surface area contributed by atoms with Gasteiger partial charge in [0.1, 0.15) is 22.8 Å². The summed E-state index contributed by atoms with van der Waals surface area (Å²) >= 11 is 0. The van der Waals surface area contributed by atoms with Gasteiger partial charge < -0.3 is 25.4 Å². The largest absolute Gasteiger partial charge is 0.497 e. The van der Waals surface area contributed by atoms with E-state index in [4.69, 9.17) is 20.2 Å². The Morgan fingerprint density at radius 1 is 1.15 bits per heavy atom. The number of aliphatic imine (C=N–C) groups is 1. The highest BCUT2D eigenvalue weighted by Gasteiger charge is 2.15. The molecule has 0 unspecified atom stereocenters. The Morgan fingerprint density at radius 2 is 1.88 bits per heavy atom. The van der Waals surface area contributed by atoms with E-state index in [0.29, 0.717) is 46.5 Å². The minimum atomic E-state index is 0.367. The maximum absolute atomic E-state index is 5.74. The molecule has 0 saturated heterocycles. The fraction of sp³-hybridized carbons (Fsp3) is 0.333. The average Bonchev–Trinajstić information content (AvgIpc) is 2.84. The minimum absolute atomic E-state index is 0.367. The molecule has 0 aliphatic rings. The molecule has 2 heterocycles. The van der Waals surface area contributed by atoms with Gasteiger partial charge in [0, 0.05) is 68.1 Å². The number of benzene rings is 1. The molecule has 0 saturated carbocycles. The van der Waals surface area contributed by atoms with Gasteiger partial charge in [-0.3, -0.25) is 9.98 Å². The highest BCUT2D eigenvalue weighted by molar-refractivity contribution is 6.09. The fourth-order valence-corrected chi connectivity index (χ4v) is 3.30. The molecule has 0 atom stereocenters. The number of nitrogens with one attached hydrogen (secondary N) is 1. The first-order chi connectivity index (χ1) is 16.0. The summed E-state index contributed by atoms with van der Waals surface area (Å²) in [5.74, 6) is 2.13. The molecule has 0 aliphatic heterocycles. The van der Waals surface area contributed by atoms with Gasteiger partial charge in [-0.05, 0) is 12.1 Å². The summed E-state index contributed by atoms with van der Waals surface area (Å²) in [4.78, 5) is 20.1. The minimum Gasteiger partial charge on any atom is -0.497 e. The fourth-order valence-electron chi connectivity index (χ4n) is 3.30. The highest BCUT2D eigenvalue weighted by Crippen LogP contribution is 2.32. The van der Waals surface area contributed by atoms with E-state index in [1.807, 2.05) is 30.3 Å². The molecule has 2 aromatic heterocycles. The van der Waals surface area contributed by atoms with E-state index in [1.165, 1.54) is 6.20 Å². The summed E-state index contributed by atoms with van der Waals surface area (Å²) in [6, 6.07) is 9.97. The van der Waals surface area contributed by atoms with E-state index in [1.54, 1.807) is 33.7 Å². The number of pyridine rings is 1. The molecule has 0 bridgehead atoms. The van der Waals surface area contributed by atoms with Crippen LogP contribution < -0.4 is 25.4 Å². The van der Waals surface area contributed by atoms with E-state index in [9.17, 15) is 0 Å². The molecule has 9 heteroatoms. The normalized spacial score (nSPS) is 12.0. The molecule has 0 fully saturated rings. The molecule has 3 rings (SSSR count). The number of fused-ring (bicyclic) bond motifs is 1. The van der Waals surface area contributed by atoms with Gasteiger partial charge in [0.05, 0.1) is 26.1 Å². The molecule has 33 heavy (non-hydrogen) atoms. The van der Waals surface area contributed by atoms with Gasteiger partial charge in [-0.25, -0.2) is 9.97 Å². The summed E-state index contributed by atoms with van der Waals surface area (Å²) in [7, 11) is 4.95. The maximum atomic E-state index is 5.74. The monoisotopic (exact) mass is 449 g/mol. The van der Waals surface area contributed by atoms with Crippen molar-refractivity contribution in [3.63, 3.8) is 0 Å². The van der Waals surface area contributed by atoms with Crippen LogP contribution in [-0.4, -0.2) is 61.6 Å². The lowest BCUT2D eigenvalue weighted by atomic mass is 10.2. The number of anilines is 2. The van der Waals surface area contributed by atoms with Crippen molar-refractivity contribution < 1.29 is 9.47 Å². The summed E-state index contributed by atoms with van der Waals surface area (Å²) in [5, 5.41) is 3.46. The quantitative estimate of drug-likeness (QED) is 0.454. The molecular weight excluding hydrogens is 418 g/mol. The standard InChI is InChI=1S/C24H31N7O2/c1-16(2)27-8-9-31(18-10-19(32-4)12-20(11-18)33-5)23-7-6-21-24(30-23)29-22(15-28-21)17(13-25)14-26-3/h6-7,10-16,27H,8-9,25H2,1-5H3/b17-13+,26-14?. The van der Waals surface area contributed by atoms with Crippen LogP contribution in [0.2, 0.25) is 0 Å². The Bertz CT molecular complexity index is 1120. The van der Waals surface area contributed by atoms with Crippen molar-refractivity contribution in [3.8, 4) is 11.5 Å². The van der Waals surface area contributed by atoms with Crippen LogP contribution in [0.25, 0.3) is 16.7 Å². The number of nitrogens with zero attached hydrogens (tertiary/aromatic N) is 5. The zero-order valence-corrected chi connectivity index (χ0v) is 19.7. The number of hydrogen-bond acceptors (Lipinski definition) is 9. The van der Waals surface area contributed by atoms with Crippen LogP contribution in [0.4, 0.5) is 11.5 Å². The number of allylic oxidation sites excluding steroid dienone is 1. The van der Waals surface area contributed by atoms with Gasteiger partial charge in [0.2, 0.25) is 0 Å². The van der Waals surface area contributed by atoms with Gasteiger partial charge in [0.25, 0.3) is 0 Å². The first-order valence-electron chi connectivity index (χ1n) is 10.7. The van der Waals surface area contributed by atoms with Crippen molar-refractivity contribution in [2.24, 2.45) is 10.7 Å². The van der Waals surface area contributed by atoms with Crippen molar-refractivity contribution in [1.82, 2.24) is 20.3 Å². The summed E-state index contributed by atoms with van der Waals surface area (Å²) in [6.07, 6.45) is 4.77. The topological polar surface area (TPSA) is 111 Å². The third-order valence-electron chi connectivity index (χ3n) is 4.95. The zero-order valence-electron chi connectivity index (χ0n) is 19.7. The van der Waals surface area contributed by atoms with Crippen LogP contribution in [0, 0.1) is 0 Å². The van der Waals surface area contributed by atoms with Gasteiger partial charge in [-0.1, -0.05) is 13.8 Å². The van der Waals surface area contributed by atoms with E-state index in [-0.39, 0.29) is 0 Å². The molecule has 0 aliphatic carbocycles. The molecular formula is C24H31N7O2. The number of ether oxygens (including phenoxy) is 2. The van der Waals surface area contributed by atoms with Gasteiger partial charge in [0.15, 0.2) is 5.65 Å². The van der Waals surface area contributed by atoms with Crippen molar-refractivity contribution in [3.05, 3.63) is 48.4 Å². The molecule has 0 radical (unpaired) electrons. The average molecular weight is 450 g/mol. The first kappa shape index (κ1) is 23.9. The predicted molar refractivity (Wildman–Crippen MR) is 134 cm³/mol. The Balaban J connectivity index is 2.08. The second-order valence-electron chi connectivity index (χ2n) is 7.61. The van der Waals surface area contributed by atoms with Crippen LogP contribution >= 0.6 is 0 Å². The smallest absolute Gasteiger partial charge is 0.180 e. The number of aromatic nitrogens is 3. The third-order valence-corrected chi connectivity index (χ3v) is 4.95. The summed E-state index contributed by atoms with van der Waals surface area (Å²) in [6.45, 7) is 5.67. The number of hydrogen-bond donors (Lipinski definition) is 2. The second kappa shape index (κ2) is 11.2.